The predicted molar refractivity (Wildman–Crippen MR) is 197 cm³/mol. The van der Waals surface area contributed by atoms with Crippen molar-refractivity contribution in [2.45, 2.75) is 130 Å². The van der Waals surface area contributed by atoms with Gasteiger partial charge in [-0.25, -0.2) is 29.2 Å². The van der Waals surface area contributed by atoms with Crippen molar-refractivity contribution in [2.75, 3.05) is 52.6 Å². The number of carbonyl (C=O) groups is 2. The van der Waals surface area contributed by atoms with Gasteiger partial charge in [0, 0.05) is 37.1 Å². The second-order valence-corrected chi connectivity index (χ2v) is 12.2. The van der Waals surface area contributed by atoms with Crippen LogP contribution in [0.3, 0.4) is 0 Å². The summed E-state index contributed by atoms with van der Waals surface area (Å²) >= 11 is 0. The summed E-state index contributed by atoms with van der Waals surface area (Å²) in [7, 11) is 0. The molecular weight excluding hydrogens is 676 g/mol. The van der Waals surface area contributed by atoms with Crippen molar-refractivity contribution in [2.24, 2.45) is 20.0 Å². The number of hydroxylamine groups is 2. The number of nitrogens with zero attached hydrogens (tertiary/aromatic N) is 5. The van der Waals surface area contributed by atoms with Gasteiger partial charge in [0.05, 0.1) is 26.3 Å². The zero-order valence-electron chi connectivity index (χ0n) is 31.8. The van der Waals surface area contributed by atoms with Crippen LogP contribution in [0.2, 0.25) is 0 Å². The molecule has 296 valence electrons. The molecule has 0 aliphatic heterocycles. The lowest BCUT2D eigenvalue weighted by molar-refractivity contribution is -0.271. The zero-order chi connectivity index (χ0) is 38.5. The van der Waals surface area contributed by atoms with Gasteiger partial charge < -0.3 is 33.9 Å². The smallest absolute Gasteiger partial charge is 0.407 e. The maximum Gasteiger partial charge on any atom is 0.407 e. The zero-order valence-corrected chi connectivity index (χ0v) is 31.8. The number of ether oxygens (including phenoxy) is 4. The normalized spacial score (nSPS) is 12.9. The Morgan fingerprint density at radius 3 is 2.13 bits per heavy atom. The van der Waals surface area contributed by atoms with Crippen LogP contribution in [0, 0.1) is 0 Å². The van der Waals surface area contributed by atoms with E-state index in [1.165, 1.54) is 18.0 Å². The van der Waals surface area contributed by atoms with E-state index >= 15 is 0 Å². The number of unbranched alkanes of at least 4 members (excludes halogenated alkanes) is 8. The topological polar surface area (TPSA) is 188 Å². The molecule has 16 heteroatoms. The Labute approximate surface area is 309 Å². The maximum absolute atomic E-state index is 12.1. The maximum atomic E-state index is 12.1. The van der Waals surface area contributed by atoms with Gasteiger partial charge in [0.2, 0.25) is 25.0 Å². The Kier molecular flexibility index (Phi) is 32.8. The van der Waals surface area contributed by atoms with E-state index in [1.54, 1.807) is 32.9 Å². The Bertz CT molecular complexity index is 1100. The quantitative estimate of drug-likeness (QED) is 0.0154. The number of alkyl carbamates (subject to hydrolysis) is 1. The highest BCUT2D eigenvalue weighted by molar-refractivity contribution is 5.87. The van der Waals surface area contributed by atoms with Gasteiger partial charge in [0.15, 0.2) is 6.17 Å². The Hall–Kier alpha value is -3.94. The molecular formula is C36H62N6O10. The Morgan fingerprint density at radius 2 is 1.46 bits per heavy atom. The van der Waals surface area contributed by atoms with Crippen molar-refractivity contribution in [3.8, 4) is 0 Å². The first kappa shape index (κ1) is 48.1. The molecule has 0 aromatic heterocycles. The lowest BCUT2D eigenvalue weighted by Crippen LogP contribution is -2.30. The standard InChI is InChI=1S/C36H62N6O10/c1-6-7-12-18-34(40-28-44)41-30-50-42(49-29-38-20-14-9-8-13-19-37-27-43)22-16-11-10-15-21-39-36(46)52-33(5)26-48-24-17-23-47-25-32(4)51-35(45)31(2)3/h29-30,32-34H,2,6-26H2,1,3-5H3,(H,39,46). The summed E-state index contributed by atoms with van der Waals surface area (Å²) in [5, 5.41) is 4.04. The van der Waals surface area contributed by atoms with Crippen LogP contribution < -0.4 is 5.32 Å². The monoisotopic (exact) mass is 738 g/mol. The molecule has 0 saturated carbocycles. The molecule has 0 radical (unpaired) electrons. The molecule has 0 heterocycles. The van der Waals surface area contributed by atoms with Crippen LogP contribution in [0.1, 0.15) is 111 Å². The average Bonchev–Trinajstić information content (AvgIpc) is 3.11. The van der Waals surface area contributed by atoms with Gasteiger partial charge in [-0.1, -0.05) is 52.0 Å². The molecule has 0 aromatic carbocycles. The van der Waals surface area contributed by atoms with E-state index in [2.05, 4.69) is 38.8 Å². The third-order valence-corrected chi connectivity index (χ3v) is 7.06. The first-order valence-corrected chi connectivity index (χ1v) is 18.4. The van der Waals surface area contributed by atoms with Crippen LogP contribution in [0.25, 0.3) is 0 Å². The highest BCUT2D eigenvalue weighted by Crippen LogP contribution is 2.08. The minimum atomic E-state index is -0.556. The van der Waals surface area contributed by atoms with Gasteiger partial charge in [-0.05, 0) is 65.7 Å². The summed E-state index contributed by atoms with van der Waals surface area (Å²) in [5.74, 6) is -0.436. The molecule has 3 atom stereocenters. The number of amides is 1. The third kappa shape index (κ3) is 32.0. The van der Waals surface area contributed by atoms with Crippen molar-refractivity contribution in [3.05, 3.63) is 12.2 Å². The predicted octanol–water partition coefficient (Wildman–Crippen LogP) is 5.95. The van der Waals surface area contributed by atoms with Crippen LogP contribution in [0.5, 0.6) is 0 Å². The van der Waals surface area contributed by atoms with Gasteiger partial charge in [-0.3, -0.25) is 4.99 Å². The van der Waals surface area contributed by atoms with E-state index in [-0.39, 0.29) is 19.3 Å². The minimum absolute atomic E-state index is 0.263. The van der Waals surface area contributed by atoms with Crippen molar-refractivity contribution in [1.82, 2.24) is 10.5 Å². The van der Waals surface area contributed by atoms with Crippen LogP contribution >= 0.6 is 0 Å². The van der Waals surface area contributed by atoms with Gasteiger partial charge in [-0.15, -0.1) is 0 Å². The van der Waals surface area contributed by atoms with Crippen LogP contribution in [0.4, 0.5) is 4.79 Å². The van der Waals surface area contributed by atoms with E-state index in [1.807, 2.05) is 0 Å². The molecule has 1 N–H and O–H groups in total. The number of hydrogen-bond acceptors (Lipinski definition) is 15. The summed E-state index contributed by atoms with van der Waals surface area (Å²) < 4.78 is 21.5. The fourth-order valence-corrected chi connectivity index (χ4v) is 4.27. The number of aliphatic imine (C=N–C) groups is 4. The van der Waals surface area contributed by atoms with Gasteiger partial charge in [-0.2, -0.15) is 4.99 Å². The summed E-state index contributed by atoms with van der Waals surface area (Å²) in [6, 6.07) is 0. The van der Waals surface area contributed by atoms with E-state index in [0.29, 0.717) is 57.8 Å². The highest BCUT2D eigenvalue weighted by atomic mass is 16.9. The number of carbonyl (C=O) groups excluding carboxylic acids is 4. The lowest BCUT2D eigenvalue weighted by Gasteiger charge is -2.17. The molecule has 0 aliphatic carbocycles. The van der Waals surface area contributed by atoms with Gasteiger partial charge in [0.25, 0.3) is 0 Å². The SMILES string of the molecule is C=C(C)C(=O)OC(C)COCCCOCC(C)OC(=O)NCCCCCCN(OC=NCCCCCCN=C=O)OC=NC(CCCCC)N=C=O. The molecule has 0 saturated heterocycles. The lowest BCUT2D eigenvalue weighted by atomic mass is 10.2. The third-order valence-electron chi connectivity index (χ3n) is 7.06. The summed E-state index contributed by atoms with van der Waals surface area (Å²) in [6.45, 7) is 14.2. The number of esters is 1. The fraction of sp³-hybridized carbons (Fsp3) is 0.778. The Balaban J connectivity index is 4.31. The molecule has 0 spiro atoms. The van der Waals surface area contributed by atoms with E-state index in [0.717, 1.165) is 70.6 Å². The van der Waals surface area contributed by atoms with Crippen molar-refractivity contribution >= 4 is 37.0 Å². The summed E-state index contributed by atoms with van der Waals surface area (Å²) in [4.78, 5) is 71.4. The number of isocyanates is 2. The molecule has 0 bridgehead atoms. The fourth-order valence-electron chi connectivity index (χ4n) is 4.27. The molecule has 3 unspecified atom stereocenters. The average molecular weight is 739 g/mol. The van der Waals surface area contributed by atoms with Gasteiger partial charge >= 0.3 is 12.1 Å². The minimum Gasteiger partial charge on any atom is -0.457 e. The number of hydrogen-bond donors (Lipinski definition) is 1. The Morgan fingerprint density at radius 1 is 0.808 bits per heavy atom. The molecule has 16 nitrogen and oxygen atoms in total. The molecule has 0 rings (SSSR count). The number of rotatable bonds is 35. The summed E-state index contributed by atoms with van der Waals surface area (Å²) in [5.41, 5.74) is 0.346. The second-order valence-electron chi connectivity index (χ2n) is 12.2. The van der Waals surface area contributed by atoms with E-state index in [4.69, 9.17) is 28.6 Å². The first-order valence-electron chi connectivity index (χ1n) is 18.4. The van der Waals surface area contributed by atoms with E-state index < -0.39 is 24.3 Å². The number of nitrogens with one attached hydrogen (secondary N) is 1. The first-order chi connectivity index (χ1) is 25.2. The van der Waals surface area contributed by atoms with Crippen molar-refractivity contribution in [3.63, 3.8) is 0 Å². The molecule has 1 amide bonds. The van der Waals surface area contributed by atoms with Crippen LogP contribution in [0.15, 0.2) is 32.1 Å². The molecule has 52 heavy (non-hydrogen) atoms. The van der Waals surface area contributed by atoms with Crippen molar-refractivity contribution < 1.29 is 47.8 Å². The highest BCUT2D eigenvalue weighted by Gasteiger charge is 2.12. The van der Waals surface area contributed by atoms with Crippen molar-refractivity contribution in [1.29, 1.82) is 0 Å². The van der Waals surface area contributed by atoms with Crippen LogP contribution in [-0.4, -0.2) is 113 Å². The molecule has 0 aliphatic rings. The molecule has 0 aromatic rings. The molecule has 0 fully saturated rings. The largest absolute Gasteiger partial charge is 0.457 e. The van der Waals surface area contributed by atoms with Crippen LogP contribution in [-0.2, 0) is 43.0 Å². The second kappa shape index (κ2) is 35.5. The summed E-state index contributed by atoms with van der Waals surface area (Å²) in [6.07, 6.45) is 14.9. The van der Waals surface area contributed by atoms with Gasteiger partial charge in [0.1, 0.15) is 12.2 Å². The van der Waals surface area contributed by atoms with E-state index in [9.17, 15) is 19.2 Å².